The molecule has 0 saturated heterocycles. The Kier molecular flexibility index (Phi) is 3.97. The minimum Gasteiger partial charge on any atom is -0.493 e. The molecular formula is C11H14O4. The van der Waals surface area contributed by atoms with Crippen LogP contribution < -0.4 is 14.2 Å². The zero-order valence-corrected chi connectivity index (χ0v) is 9.07. The topological polar surface area (TPSA) is 44.8 Å². The zero-order chi connectivity index (χ0) is 11.3. The number of esters is 1. The Morgan fingerprint density at radius 2 is 2.07 bits per heavy atom. The Bertz CT molecular complexity index is 346. The van der Waals surface area contributed by atoms with Gasteiger partial charge in [0.05, 0.1) is 13.7 Å². The second kappa shape index (κ2) is 5.24. The molecule has 0 saturated carbocycles. The molecule has 0 aliphatic heterocycles. The van der Waals surface area contributed by atoms with Gasteiger partial charge in [0.2, 0.25) is 0 Å². The quantitative estimate of drug-likeness (QED) is 0.563. The van der Waals surface area contributed by atoms with Crippen molar-refractivity contribution < 1.29 is 19.0 Å². The van der Waals surface area contributed by atoms with Gasteiger partial charge in [-0.25, -0.2) is 0 Å². The largest absolute Gasteiger partial charge is 0.493 e. The number of benzene rings is 1. The lowest BCUT2D eigenvalue weighted by Gasteiger charge is -2.10. The summed E-state index contributed by atoms with van der Waals surface area (Å²) < 4.78 is 15.3. The molecule has 0 fully saturated rings. The average Bonchev–Trinajstić information content (AvgIpc) is 2.20. The predicted octanol–water partition coefficient (Wildman–Crippen LogP) is 2.02. The van der Waals surface area contributed by atoms with E-state index in [2.05, 4.69) is 0 Å². The van der Waals surface area contributed by atoms with Crippen molar-refractivity contribution in [3.05, 3.63) is 18.2 Å². The number of hydrogen-bond acceptors (Lipinski definition) is 4. The Hall–Kier alpha value is -1.71. The normalized spacial score (nSPS) is 9.53. The second-order valence-electron chi connectivity index (χ2n) is 2.84. The van der Waals surface area contributed by atoms with Crippen LogP contribution in [-0.2, 0) is 4.79 Å². The fourth-order valence-corrected chi connectivity index (χ4v) is 1.15. The molecule has 0 spiro atoms. The summed E-state index contributed by atoms with van der Waals surface area (Å²) in [5.74, 6) is 1.27. The molecule has 1 aromatic carbocycles. The number of carbonyl (C=O) groups excluding carboxylic acids is 1. The van der Waals surface area contributed by atoms with Gasteiger partial charge in [-0.15, -0.1) is 0 Å². The molecule has 1 rings (SSSR count). The summed E-state index contributed by atoms with van der Waals surface area (Å²) in [6.07, 6.45) is 0. The second-order valence-corrected chi connectivity index (χ2v) is 2.84. The van der Waals surface area contributed by atoms with E-state index >= 15 is 0 Å². The predicted molar refractivity (Wildman–Crippen MR) is 55.5 cm³/mol. The highest BCUT2D eigenvalue weighted by molar-refractivity contribution is 5.69. The standard InChI is InChI=1S/C11H14O4/c1-4-14-10-6-5-9(15-8(2)12)7-11(10)13-3/h5-7H,4H2,1-3H3. The summed E-state index contributed by atoms with van der Waals surface area (Å²) in [6, 6.07) is 4.99. The van der Waals surface area contributed by atoms with Gasteiger partial charge in [0.25, 0.3) is 0 Å². The van der Waals surface area contributed by atoms with E-state index in [1.807, 2.05) is 6.92 Å². The summed E-state index contributed by atoms with van der Waals surface area (Å²) in [6.45, 7) is 3.80. The van der Waals surface area contributed by atoms with E-state index in [0.29, 0.717) is 23.9 Å². The summed E-state index contributed by atoms with van der Waals surface area (Å²) in [4.78, 5) is 10.7. The third-order valence-electron chi connectivity index (χ3n) is 1.70. The van der Waals surface area contributed by atoms with Crippen LogP contribution in [0.1, 0.15) is 13.8 Å². The van der Waals surface area contributed by atoms with Gasteiger partial charge in [-0.05, 0) is 19.1 Å². The van der Waals surface area contributed by atoms with Crippen molar-refractivity contribution in [3.8, 4) is 17.2 Å². The van der Waals surface area contributed by atoms with E-state index in [9.17, 15) is 4.79 Å². The summed E-state index contributed by atoms with van der Waals surface area (Å²) >= 11 is 0. The molecule has 0 heterocycles. The third kappa shape index (κ3) is 3.16. The minimum atomic E-state index is -0.360. The molecule has 0 aliphatic carbocycles. The smallest absolute Gasteiger partial charge is 0.308 e. The van der Waals surface area contributed by atoms with Gasteiger partial charge in [-0.1, -0.05) is 0 Å². The van der Waals surface area contributed by atoms with Crippen molar-refractivity contribution in [1.82, 2.24) is 0 Å². The maximum Gasteiger partial charge on any atom is 0.308 e. The number of carbonyl (C=O) groups is 1. The summed E-state index contributed by atoms with van der Waals surface area (Å²) in [5, 5.41) is 0. The van der Waals surface area contributed by atoms with Crippen LogP contribution in [0.2, 0.25) is 0 Å². The molecule has 82 valence electrons. The van der Waals surface area contributed by atoms with Gasteiger partial charge in [0.1, 0.15) is 5.75 Å². The van der Waals surface area contributed by atoms with Crippen molar-refractivity contribution >= 4 is 5.97 Å². The molecule has 15 heavy (non-hydrogen) atoms. The maximum atomic E-state index is 10.7. The van der Waals surface area contributed by atoms with Gasteiger partial charge in [0, 0.05) is 13.0 Å². The molecule has 4 nitrogen and oxygen atoms in total. The molecule has 0 bridgehead atoms. The van der Waals surface area contributed by atoms with Crippen LogP contribution in [0, 0.1) is 0 Å². The van der Waals surface area contributed by atoms with Crippen LogP contribution in [0.5, 0.6) is 17.2 Å². The molecule has 4 heteroatoms. The van der Waals surface area contributed by atoms with Crippen LogP contribution in [0.3, 0.4) is 0 Å². The van der Waals surface area contributed by atoms with Crippen molar-refractivity contribution in [2.45, 2.75) is 13.8 Å². The SMILES string of the molecule is CCOc1ccc(OC(C)=O)cc1OC. The zero-order valence-electron chi connectivity index (χ0n) is 9.07. The molecule has 0 amide bonds. The van der Waals surface area contributed by atoms with Crippen molar-refractivity contribution in [2.75, 3.05) is 13.7 Å². The summed E-state index contributed by atoms with van der Waals surface area (Å²) in [7, 11) is 1.54. The molecule has 0 aromatic heterocycles. The highest BCUT2D eigenvalue weighted by Gasteiger charge is 2.06. The van der Waals surface area contributed by atoms with Crippen LogP contribution in [-0.4, -0.2) is 19.7 Å². The van der Waals surface area contributed by atoms with E-state index in [1.165, 1.54) is 14.0 Å². The van der Waals surface area contributed by atoms with Crippen molar-refractivity contribution in [1.29, 1.82) is 0 Å². The molecule has 0 aliphatic rings. The van der Waals surface area contributed by atoms with E-state index in [-0.39, 0.29) is 5.97 Å². The molecule has 0 N–H and O–H groups in total. The molecule has 1 aromatic rings. The van der Waals surface area contributed by atoms with Crippen LogP contribution in [0.15, 0.2) is 18.2 Å². The molecular weight excluding hydrogens is 196 g/mol. The Balaban J connectivity index is 2.91. The van der Waals surface area contributed by atoms with E-state index in [0.717, 1.165) is 0 Å². The first-order chi connectivity index (χ1) is 7.17. The molecule has 0 unspecified atom stereocenters. The first kappa shape index (κ1) is 11.4. The molecule has 0 radical (unpaired) electrons. The summed E-state index contributed by atoms with van der Waals surface area (Å²) in [5.41, 5.74) is 0. The fourth-order valence-electron chi connectivity index (χ4n) is 1.15. The number of hydrogen-bond donors (Lipinski definition) is 0. The number of methoxy groups -OCH3 is 1. The van der Waals surface area contributed by atoms with Crippen LogP contribution in [0.25, 0.3) is 0 Å². The highest BCUT2D eigenvalue weighted by atomic mass is 16.5. The first-order valence-electron chi connectivity index (χ1n) is 4.66. The van der Waals surface area contributed by atoms with Gasteiger partial charge in [0.15, 0.2) is 11.5 Å². The fraction of sp³-hybridized carbons (Fsp3) is 0.364. The lowest BCUT2D eigenvalue weighted by molar-refractivity contribution is -0.131. The number of rotatable bonds is 4. The maximum absolute atomic E-state index is 10.7. The molecule has 0 atom stereocenters. The Morgan fingerprint density at radius 3 is 2.60 bits per heavy atom. The van der Waals surface area contributed by atoms with Crippen molar-refractivity contribution in [3.63, 3.8) is 0 Å². The van der Waals surface area contributed by atoms with Gasteiger partial charge >= 0.3 is 5.97 Å². The Morgan fingerprint density at radius 1 is 1.33 bits per heavy atom. The lowest BCUT2D eigenvalue weighted by Crippen LogP contribution is -2.02. The third-order valence-corrected chi connectivity index (χ3v) is 1.70. The van der Waals surface area contributed by atoms with Gasteiger partial charge < -0.3 is 14.2 Å². The first-order valence-corrected chi connectivity index (χ1v) is 4.66. The monoisotopic (exact) mass is 210 g/mol. The van der Waals surface area contributed by atoms with Crippen LogP contribution >= 0.6 is 0 Å². The van der Waals surface area contributed by atoms with E-state index < -0.39 is 0 Å². The highest BCUT2D eigenvalue weighted by Crippen LogP contribution is 2.31. The Labute approximate surface area is 88.8 Å². The van der Waals surface area contributed by atoms with E-state index in [4.69, 9.17) is 14.2 Å². The van der Waals surface area contributed by atoms with Crippen molar-refractivity contribution in [2.24, 2.45) is 0 Å². The van der Waals surface area contributed by atoms with E-state index in [1.54, 1.807) is 18.2 Å². The van der Waals surface area contributed by atoms with Crippen LogP contribution in [0.4, 0.5) is 0 Å². The minimum absolute atomic E-state index is 0.360. The number of ether oxygens (including phenoxy) is 3. The van der Waals surface area contributed by atoms with Gasteiger partial charge in [-0.3, -0.25) is 4.79 Å². The lowest BCUT2D eigenvalue weighted by atomic mass is 10.3. The average molecular weight is 210 g/mol. The van der Waals surface area contributed by atoms with Gasteiger partial charge in [-0.2, -0.15) is 0 Å².